The number of hydrogen-bond donors (Lipinski definition) is 2. The fourth-order valence-electron chi connectivity index (χ4n) is 3.33. The lowest BCUT2D eigenvalue weighted by atomic mass is 10.1. The second-order valence-electron chi connectivity index (χ2n) is 7.88. The summed E-state index contributed by atoms with van der Waals surface area (Å²) < 4.78 is 32.6. The van der Waals surface area contributed by atoms with Crippen molar-refractivity contribution in [3.05, 3.63) is 64.7 Å². The predicted octanol–water partition coefficient (Wildman–Crippen LogP) is 2.12. The van der Waals surface area contributed by atoms with Gasteiger partial charge in [0.25, 0.3) is 0 Å². The number of benzene rings is 2. The predicted molar refractivity (Wildman–Crippen MR) is 120 cm³/mol. The third-order valence-corrected chi connectivity index (χ3v) is 6.91. The second kappa shape index (κ2) is 10.9. The highest BCUT2D eigenvalue weighted by molar-refractivity contribution is 7.89. The van der Waals surface area contributed by atoms with Crippen molar-refractivity contribution >= 4 is 15.9 Å². The zero-order valence-corrected chi connectivity index (χ0v) is 19.0. The average molecular weight is 446 g/mol. The molecule has 3 rings (SSSR count). The van der Waals surface area contributed by atoms with E-state index in [2.05, 4.69) is 27.1 Å². The van der Waals surface area contributed by atoms with Crippen LogP contribution in [0.1, 0.15) is 28.7 Å². The van der Waals surface area contributed by atoms with E-state index in [1.165, 1.54) is 5.56 Å². The summed E-state index contributed by atoms with van der Waals surface area (Å²) in [6, 6.07) is 13.2. The van der Waals surface area contributed by atoms with Gasteiger partial charge in [-0.2, -0.15) is 0 Å². The highest BCUT2D eigenvalue weighted by atomic mass is 32.2. The summed E-state index contributed by atoms with van der Waals surface area (Å²) in [5.41, 5.74) is 4.19. The largest absolute Gasteiger partial charge is 0.379 e. The van der Waals surface area contributed by atoms with Crippen molar-refractivity contribution in [1.29, 1.82) is 0 Å². The molecule has 1 aliphatic heterocycles. The van der Waals surface area contributed by atoms with E-state index in [9.17, 15) is 13.2 Å². The van der Waals surface area contributed by atoms with E-state index >= 15 is 0 Å². The number of nitrogens with one attached hydrogen (secondary N) is 2. The fraction of sp³-hybridized carbons (Fsp3) is 0.435. The van der Waals surface area contributed by atoms with Gasteiger partial charge in [0.05, 0.1) is 18.1 Å². The van der Waals surface area contributed by atoms with E-state index in [4.69, 9.17) is 4.74 Å². The fourth-order valence-corrected chi connectivity index (χ4v) is 4.45. The summed E-state index contributed by atoms with van der Waals surface area (Å²) in [6.07, 6.45) is 0.0825. The van der Waals surface area contributed by atoms with Crippen LogP contribution in [0.4, 0.5) is 0 Å². The molecular weight excluding hydrogens is 414 g/mol. The number of amides is 1. The van der Waals surface area contributed by atoms with Crippen molar-refractivity contribution in [3.8, 4) is 0 Å². The molecule has 1 fully saturated rings. The molecule has 0 unspecified atom stereocenters. The van der Waals surface area contributed by atoms with Crippen LogP contribution in [0.5, 0.6) is 0 Å². The van der Waals surface area contributed by atoms with Crippen LogP contribution in [0, 0.1) is 13.8 Å². The van der Waals surface area contributed by atoms with Crippen LogP contribution in [-0.2, 0) is 32.6 Å². The third-order valence-electron chi connectivity index (χ3n) is 5.46. The van der Waals surface area contributed by atoms with E-state index in [0.717, 1.165) is 49.5 Å². The van der Waals surface area contributed by atoms with Crippen molar-refractivity contribution in [2.24, 2.45) is 0 Å². The second-order valence-corrected chi connectivity index (χ2v) is 9.64. The van der Waals surface area contributed by atoms with E-state index in [-0.39, 0.29) is 23.8 Å². The molecule has 0 spiro atoms. The Morgan fingerprint density at radius 2 is 1.68 bits per heavy atom. The Balaban J connectivity index is 1.40. The lowest BCUT2D eigenvalue weighted by Gasteiger charge is -2.26. The molecule has 0 bridgehead atoms. The van der Waals surface area contributed by atoms with Crippen LogP contribution in [-0.4, -0.2) is 52.1 Å². The molecule has 8 heteroatoms. The molecule has 0 radical (unpaired) electrons. The Labute approximate surface area is 184 Å². The minimum absolute atomic E-state index is 0.0551. The first kappa shape index (κ1) is 23.4. The summed E-state index contributed by atoms with van der Waals surface area (Å²) in [7, 11) is -3.62. The molecule has 1 saturated heterocycles. The summed E-state index contributed by atoms with van der Waals surface area (Å²) in [5.74, 6) is -0.194. The Hall–Kier alpha value is -2.26. The van der Waals surface area contributed by atoms with Crippen molar-refractivity contribution in [3.63, 3.8) is 0 Å². The summed E-state index contributed by atoms with van der Waals surface area (Å²) in [6.45, 7) is 8.64. The molecule has 2 N–H and O–H groups in total. The van der Waals surface area contributed by atoms with Crippen LogP contribution in [0.25, 0.3) is 0 Å². The SMILES string of the molecule is Cc1ccc(S(=O)(=O)NCCC(=O)NCc2ccc(CN3CCOCC3)cc2)cc1C. The van der Waals surface area contributed by atoms with Crippen LogP contribution in [0.2, 0.25) is 0 Å². The molecule has 1 amide bonds. The summed E-state index contributed by atoms with van der Waals surface area (Å²) in [4.78, 5) is 14.7. The number of sulfonamides is 1. The maximum absolute atomic E-state index is 12.4. The topological polar surface area (TPSA) is 87.7 Å². The van der Waals surface area contributed by atoms with Crippen molar-refractivity contribution < 1.29 is 17.9 Å². The molecule has 2 aromatic carbocycles. The Kier molecular flexibility index (Phi) is 8.20. The molecule has 31 heavy (non-hydrogen) atoms. The van der Waals surface area contributed by atoms with E-state index in [1.54, 1.807) is 18.2 Å². The normalized spacial score (nSPS) is 15.0. The highest BCUT2D eigenvalue weighted by Crippen LogP contribution is 2.14. The lowest BCUT2D eigenvalue weighted by molar-refractivity contribution is -0.121. The number of carbonyl (C=O) groups excluding carboxylic acids is 1. The van der Waals surface area contributed by atoms with Crippen LogP contribution < -0.4 is 10.0 Å². The lowest BCUT2D eigenvalue weighted by Crippen LogP contribution is -2.35. The number of aryl methyl sites for hydroxylation is 2. The number of ether oxygens (including phenoxy) is 1. The smallest absolute Gasteiger partial charge is 0.240 e. The van der Waals surface area contributed by atoms with Crippen molar-refractivity contribution in [1.82, 2.24) is 14.9 Å². The van der Waals surface area contributed by atoms with Gasteiger partial charge in [-0.15, -0.1) is 0 Å². The first-order valence-corrected chi connectivity index (χ1v) is 12.0. The molecule has 0 atom stereocenters. The zero-order chi connectivity index (χ0) is 22.3. The molecule has 168 valence electrons. The van der Waals surface area contributed by atoms with Gasteiger partial charge in [-0.25, -0.2) is 13.1 Å². The van der Waals surface area contributed by atoms with Gasteiger partial charge in [0, 0.05) is 39.1 Å². The van der Waals surface area contributed by atoms with Gasteiger partial charge in [-0.3, -0.25) is 9.69 Å². The van der Waals surface area contributed by atoms with Gasteiger partial charge in [-0.1, -0.05) is 30.3 Å². The van der Waals surface area contributed by atoms with Gasteiger partial charge in [0.2, 0.25) is 15.9 Å². The quantitative estimate of drug-likeness (QED) is 0.617. The van der Waals surface area contributed by atoms with E-state index in [1.807, 2.05) is 26.0 Å². The molecule has 1 heterocycles. The minimum atomic E-state index is -3.62. The van der Waals surface area contributed by atoms with Gasteiger partial charge >= 0.3 is 0 Å². The molecule has 7 nitrogen and oxygen atoms in total. The average Bonchev–Trinajstić information content (AvgIpc) is 2.76. The number of nitrogens with zero attached hydrogens (tertiary/aromatic N) is 1. The van der Waals surface area contributed by atoms with E-state index in [0.29, 0.717) is 6.54 Å². The van der Waals surface area contributed by atoms with Gasteiger partial charge < -0.3 is 10.1 Å². The molecule has 0 aliphatic carbocycles. The molecule has 2 aromatic rings. The van der Waals surface area contributed by atoms with Crippen LogP contribution in [0.3, 0.4) is 0 Å². The molecular formula is C23H31N3O4S. The summed E-state index contributed by atoms with van der Waals surface area (Å²) in [5, 5.41) is 2.84. The molecule has 0 aromatic heterocycles. The van der Waals surface area contributed by atoms with Gasteiger partial charge in [0.1, 0.15) is 0 Å². The summed E-state index contributed by atoms with van der Waals surface area (Å²) >= 11 is 0. The zero-order valence-electron chi connectivity index (χ0n) is 18.2. The Morgan fingerprint density at radius 1 is 1.00 bits per heavy atom. The molecule has 0 saturated carbocycles. The minimum Gasteiger partial charge on any atom is -0.379 e. The Bertz CT molecular complexity index is 984. The Morgan fingerprint density at radius 3 is 2.35 bits per heavy atom. The monoisotopic (exact) mass is 445 g/mol. The van der Waals surface area contributed by atoms with Gasteiger partial charge in [-0.05, 0) is 48.2 Å². The number of rotatable bonds is 9. The first-order chi connectivity index (χ1) is 14.8. The molecule has 1 aliphatic rings. The highest BCUT2D eigenvalue weighted by Gasteiger charge is 2.15. The first-order valence-electron chi connectivity index (χ1n) is 10.5. The maximum Gasteiger partial charge on any atom is 0.240 e. The standard InChI is InChI=1S/C23H31N3O4S/c1-18-3-8-22(15-19(18)2)31(28,29)25-10-9-23(27)24-16-20-4-6-21(7-5-20)17-26-11-13-30-14-12-26/h3-8,15,25H,9-14,16-17H2,1-2H3,(H,24,27). The van der Waals surface area contributed by atoms with Crippen LogP contribution in [0.15, 0.2) is 47.4 Å². The van der Waals surface area contributed by atoms with Crippen molar-refractivity contribution in [2.75, 3.05) is 32.8 Å². The number of hydrogen-bond acceptors (Lipinski definition) is 5. The third kappa shape index (κ3) is 7.14. The number of morpholine rings is 1. The van der Waals surface area contributed by atoms with Gasteiger partial charge in [0.15, 0.2) is 0 Å². The van der Waals surface area contributed by atoms with E-state index < -0.39 is 10.0 Å². The maximum atomic E-state index is 12.4. The number of carbonyl (C=O) groups is 1. The van der Waals surface area contributed by atoms with Crippen molar-refractivity contribution in [2.45, 2.75) is 38.3 Å². The van der Waals surface area contributed by atoms with Crippen LogP contribution >= 0.6 is 0 Å².